The highest BCUT2D eigenvalue weighted by molar-refractivity contribution is 6.36. The lowest BCUT2D eigenvalue weighted by molar-refractivity contribution is 0.0482. The van der Waals surface area contributed by atoms with E-state index < -0.39 is 17.7 Å². The first-order valence-corrected chi connectivity index (χ1v) is 6.54. The molecule has 0 saturated carbocycles. The van der Waals surface area contributed by atoms with Crippen molar-refractivity contribution >= 4 is 29.3 Å². The molecule has 1 rings (SSSR count). The Morgan fingerprint density at radius 1 is 1.37 bits per heavy atom. The van der Waals surface area contributed by atoms with Crippen molar-refractivity contribution in [1.29, 1.82) is 0 Å². The maximum Gasteiger partial charge on any atom is 0.408 e. The highest BCUT2D eigenvalue weighted by atomic mass is 35.5. The summed E-state index contributed by atoms with van der Waals surface area (Å²) in [6, 6.07) is 4.26. The van der Waals surface area contributed by atoms with Gasteiger partial charge < -0.3 is 15.2 Å². The van der Waals surface area contributed by atoms with Gasteiger partial charge in [-0.1, -0.05) is 29.3 Å². The number of nitrogens with one attached hydrogen (secondary N) is 1. The third-order valence-corrected chi connectivity index (χ3v) is 2.88. The van der Waals surface area contributed by atoms with Gasteiger partial charge in [-0.15, -0.1) is 0 Å². The zero-order chi connectivity index (χ0) is 14.6. The quantitative estimate of drug-likeness (QED) is 0.898. The molecule has 0 fully saturated rings. The molecule has 19 heavy (non-hydrogen) atoms. The molecule has 0 radical (unpaired) electrons. The van der Waals surface area contributed by atoms with E-state index in [-0.39, 0.29) is 6.61 Å². The molecule has 1 aromatic rings. The number of rotatable bonds is 3. The fourth-order valence-electron chi connectivity index (χ4n) is 1.50. The van der Waals surface area contributed by atoms with Gasteiger partial charge in [0.1, 0.15) is 5.60 Å². The van der Waals surface area contributed by atoms with Crippen molar-refractivity contribution in [2.75, 3.05) is 6.61 Å². The maximum absolute atomic E-state index is 11.7. The molecule has 106 valence electrons. The lowest BCUT2D eigenvalue weighted by Crippen LogP contribution is -2.36. The van der Waals surface area contributed by atoms with Crippen molar-refractivity contribution in [1.82, 2.24) is 5.32 Å². The lowest BCUT2D eigenvalue weighted by Gasteiger charge is -2.23. The summed E-state index contributed by atoms with van der Waals surface area (Å²) in [6.45, 7) is 4.93. The van der Waals surface area contributed by atoms with Gasteiger partial charge in [-0.2, -0.15) is 0 Å². The second-order valence-electron chi connectivity index (χ2n) is 5.02. The number of aliphatic hydroxyl groups excluding tert-OH is 1. The lowest BCUT2D eigenvalue weighted by atomic mass is 10.1. The standard InChI is InChI=1S/C13H17Cl2NO3/c1-13(2,3)19-12(18)16-10(7-17)11-8(14)5-4-6-9(11)15/h4-6,10,17H,7H2,1-3H3,(H,16,18). The molecule has 1 atom stereocenters. The molecule has 1 amide bonds. The van der Waals surface area contributed by atoms with E-state index in [1.807, 2.05) is 0 Å². The number of carbonyl (C=O) groups excluding carboxylic acids is 1. The largest absolute Gasteiger partial charge is 0.444 e. The van der Waals surface area contributed by atoms with Gasteiger partial charge in [0, 0.05) is 15.6 Å². The molecular formula is C13H17Cl2NO3. The molecule has 0 bridgehead atoms. The van der Waals surface area contributed by atoms with Crippen LogP contribution in [0, 0.1) is 0 Å². The molecular weight excluding hydrogens is 289 g/mol. The number of carbonyl (C=O) groups is 1. The predicted octanol–water partition coefficient (Wildman–Crippen LogP) is 3.55. The summed E-state index contributed by atoms with van der Waals surface area (Å²) in [7, 11) is 0. The molecule has 0 aromatic heterocycles. The minimum absolute atomic E-state index is 0.331. The Morgan fingerprint density at radius 2 is 1.89 bits per heavy atom. The summed E-state index contributed by atoms with van der Waals surface area (Å²) in [5.41, 5.74) is -0.145. The molecule has 1 aromatic carbocycles. The SMILES string of the molecule is CC(C)(C)OC(=O)NC(CO)c1c(Cl)cccc1Cl. The number of ether oxygens (including phenoxy) is 1. The van der Waals surface area contributed by atoms with Gasteiger partial charge in [-0.3, -0.25) is 0 Å². The predicted molar refractivity (Wildman–Crippen MR) is 75.7 cm³/mol. The van der Waals surface area contributed by atoms with Crippen molar-refractivity contribution in [3.63, 3.8) is 0 Å². The normalized spacial score (nSPS) is 12.9. The van der Waals surface area contributed by atoms with Crippen LogP contribution in [0.5, 0.6) is 0 Å². The fraction of sp³-hybridized carbons (Fsp3) is 0.462. The van der Waals surface area contributed by atoms with Crippen LogP contribution in [-0.2, 0) is 4.74 Å². The van der Waals surface area contributed by atoms with E-state index in [2.05, 4.69) is 5.32 Å². The van der Waals surface area contributed by atoms with Crippen molar-refractivity contribution in [3.8, 4) is 0 Å². The first kappa shape index (κ1) is 16.1. The van der Waals surface area contributed by atoms with Crippen molar-refractivity contribution in [3.05, 3.63) is 33.8 Å². The van der Waals surface area contributed by atoms with E-state index in [9.17, 15) is 9.90 Å². The van der Waals surface area contributed by atoms with Gasteiger partial charge in [0.25, 0.3) is 0 Å². The Balaban J connectivity index is 2.87. The highest BCUT2D eigenvalue weighted by Gasteiger charge is 2.23. The maximum atomic E-state index is 11.7. The number of amides is 1. The number of alkyl carbamates (subject to hydrolysis) is 1. The number of aliphatic hydroxyl groups is 1. The van der Waals surface area contributed by atoms with Gasteiger partial charge in [-0.25, -0.2) is 4.79 Å². The van der Waals surface area contributed by atoms with Gasteiger partial charge >= 0.3 is 6.09 Å². The van der Waals surface area contributed by atoms with Crippen LogP contribution in [0.4, 0.5) is 4.79 Å². The molecule has 0 heterocycles. The van der Waals surface area contributed by atoms with E-state index in [1.54, 1.807) is 39.0 Å². The first-order chi connectivity index (χ1) is 8.74. The summed E-state index contributed by atoms with van der Waals surface area (Å²) >= 11 is 12.1. The van der Waals surface area contributed by atoms with Crippen LogP contribution in [0.3, 0.4) is 0 Å². The van der Waals surface area contributed by atoms with Crippen LogP contribution in [0.1, 0.15) is 32.4 Å². The first-order valence-electron chi connectivity index (χ1n) is 5.79. The van der Waals surface area contributed by atoms with E-state index in [0.29, 0.717) is 15.6 Å². The second-order valence-corrected chi connectivity index (χ2v) is 5.83. The minimum atomic E-state index is -0.712. The number of halogens is 2. The Labute approximate surface area is 122 Å². The van der Waals surface area contributed by atoms with Gasteiger partial charge in [0.2, 0.25) is 0 Å². The Bertz CT molecular complexity index is 437. The molecule has 6 heteroatoms. The van der Waals surface area contributed by atoms with Crippen LogP contribution in [-0.4, -0.2) is 23.4 Å². The third kappa shape index (κ3) is 4.90. The fourth-order valence-corrected chi connectivity index (χ4v) is 2.16. The zero-order valence-electron chi connectivity index (χ0n) is 11.0. The number of hydrogen-bond acceptors (Lipinski definition) is 3. The average molecular weight is 306 g/mol. The minimum Gasteiger partial charge on any atom is -0.444 e. The number of hydrogen-bond donors (Lipinski definition) is 2. The monoisotopic (exact) mass is 305 g/mol. The van der Waals surface area contributed by atoms with Crippen molar-refractivity contribution in [2.24, 2.45) is 0 Å². The highest BCUT2D eigenvalue weighted by Crippen LogP contribution is 2.30. The summed E-state index contributed by atoms with van der Waals surface area (Å²) < 4.78 is 5.12. The second kappa shape index (κ2) is 6.46. The van der Waals surface area contributed by atoms with Crippen LogP contribution >= 0.6 is 23.2 Å². The smallest absolute Gasteiger partial charge is 0.408 e. The molecule has 0 saturated heterocycles. The molecule has 0 aliphatic carbocycles. The molecule has 0 aliphatic rings. The summed E-state index contributed by atoms with van der Waals surface area (Å²) in [5, 5.41) is 12.7. The van der Waals surface area contributed by atoms with Crippen LogP contribution in [0.2, 0.25) is 10.0 Å². The van der Waals surface area contributed by atoms with E-state index in [1.165, 1.54) is 0 Å². The van der Waals surface area contributed by atoms with Crippen molar-refractivity contribution in [2.45, 2.75) is 32.4 Å². The van der Waals surface area contributed by atoms with Crippen LogP contribution in [0.25, 0.3) is 0 Å². The molecule has 0 aliphatic heterocycles. The molecule has 4 nitrogen and oxygen atoms in total. The molecule has 2 N–H and O–H groups in total. The van der Waals surface area contributed by atoms with Crippen LogP contribution < -0.4 is 5.32 Å². The van der Waals surface area contributed by atoms with Gasteiger partial charge in [0.05, 0.1) is 12.6 Å². The topological polar surface area (TPSA) is 58.6 Å². The Hall–Kier alpha value is -0.970. The number of benzene rings is 1. The zero-order valence-corrected chi connectivity index (χ0v) is 12.5. The Kier molecular flexibility index (Phi) is 5.47. The summed E-state index contributed by atoms with van der Waals surface area (Å²) in [5.74, 6) is 0. The molecule has 1 unspecified atom stereocenters. The Morgan fingerprint density at radius 3 is 2.32 bits per heavy atom. The average Bonchev–Trinajstić information content (AvgIpc) is 2.24. The molecule has 0 spiro atoms. The van der Waals surface area contributed by atoms with E-state index in [0.717, 1.165) is 0 Å². The van der Waals surface area contributed by atoms with E-state index >= 15 is 0 Å². The summed E-state index contributed by atoms with van der Waals surface area (Å²) in [4.78, 5) is 11.7. The third-order valence-electron chi connectivity index (χ3n) is 2.22. The van der Waals surface area contributed by atoms with Crippen molar-refractivity contribution < 1.29 is 14.6 Å². The summed E-state index contributed by atoms with van der Waals surface area (Å²) in [6.07, 6.45) is -0.637. The van der Waals surface area contributed by atoms with Gasteiger partial charge in [-0.05, 0) is 32.9 Å². The van der Waals surface area contributed by atoms with Gasteiger partial charge in [0.15, 0.2) is 0 Å². The van der Waals surface area contributed by atoms with Crippen LogP contribution in [0.15, 0.2) is 18.2 Å². The van der Waals surface area contributed by atoms with E-state index in [4.69, 9.17) is 27.9 Å².